The second-order valence-electron chi connectivity index (χ2n) is 9.36. The number of hydrogen-bond donors (Lipinski definition) is 1. The lowest BCUT2D eigenvalue weighted by atomic mass is 9.99. The van der Waals surface area contributed by atoms with Gasteiger partial charge in [0.15, 0.2) is 0 Å². The molecule has 1 saturated heterocycles. The van der Waals surface area contributed by atoms with E-state index in [-0.39, 0.29) is 5.75 Å². The molecule has 5 heteroatoms. The molecule has 5 rings (SSSR count). The number of likely N-dealkylation sites (tertiary alicyclic amines) is 1. The van der Waals surface area contributed by atoms with E-state index in [2.05, 4.69) is 30.9 Å². The third-order valence-electron chi connectivity index (χ3n) is 6.91. The zero-order valence-corrected chi connectivity index (χ0v) is 20.9. The van der Waals surface area contributed by atoms with Gasteiger partial charge in [-0.1, -0.05) is 24.1 Å². The molecule has 3 aromatic rings. The average Bonchev–Trinajstić information content (AvgIpc) is 3.18. The van der Waals surface area contributed by atoms with Crippen molar-refractivity contribution in [3.05, 3.63) is 70.6 Å². The third-order valence-corrected chi connectivity index (χ3v) is 8.32. The molecule has 0 bridgehead atoms. The third kappa shape index (κ3) is 5.21. The first-order valence-electron chi connectivity index (χ1n) is 12.3. The highest BCUT2D eigenvalue weighted by molar-refractivity contribution is 8.03. The number of piperidine rings is 1. The molecule has 2 heterocycles. The van der Waals surface area contributed by atoms with Crippen LogP contribution < -0.4 is 9.47 Å². The maximum atomic E-state index is 9.98. The van der Waals surface area contributed by atoms with Crippen LogP contribution in [0.25, 0.3) is 10.8 Å². The number of phenols is 1. The fraction of sp³-hybridized carbons (Fsp3) is 0.379. The fourth-order valence-corrected chi connectivity index (χ4v) is 6.18. The highest BCUT2D eigenvalue weighted by Crippen LogP contribution is 2.51. The van der Waals surface area contributed by atoms with Gasteiger partial charge < -0.3 is 14.6 Å². The standard InChI is InChI=1S/C29H33NO3S/c1-20-18-28(34-21(20)2)27-12-6-22-19-23(31)7-13-26(22)29(27)33-25-10-8-24(9-11-25)32-17-16-30-14-4-3-5-15-30/h6-13,19,28,31H,3-5,14-18H2,1-2H3. The van der Waals surface area contributed by atoms with Gasteiger partial charge in [-0.15, -0.1) is 11.8 Å². The smallest absolute Gasteiger partial charge is 0.139 e. The van der Waals surface area contributed by atoms with E-state index in [1.807, 2.05) is 42.1 Å². The number of hydrogen-bond acceptors (Lipinski definition) is 5. The summed E-state index contributed by atoms with van der Waals surface area (Å²) in [6.07, 6.45) is 4.99. The Labute approximate surface area is 206 Å². The highest BCUT2D eigenvalue weighted by atomic mass is 32.2. The number of nitrogens with zero attached hydrogens (tertiary/aromatic N) is 1. The van der Waals surface area contributed by atoms with Crippen molar-refractivity contribution in [2.24, 2.45) is 0 Å². The number of phenolic OH excluding ortho intramolecular Hbond substituents is 1. The number of allylic oxidation sites excluding steroid dienone is 2. The van der Waals surface area contributed by atoms with Crippen LogP contribution in [0.5, 0.6) is 23.0 Å². The van der Waals surface area contributed by atoms with Crippen LogP contribution in [-0.4, -0.2) is 36.2 Å². The van der Waals surface area contributed by atoms with Gasteiger partial charge in [0.2, 0.25) is 0 Å². The maximum absolute atomic E-state index is 9.98. The van der Waals surface area contributed by atoms with Gasteiger partial charge in [0.05, 0.1) is 0 Å². The van der Waals surface area contributed by atoms with Crippen molar-refractivity contribution >= 4 is 22.5 Å². The van der Waals surface area contributed by atoms with Gasteiger partial charge in [0.1, 0.15) is 29.6 Å². The molecule has 1 fully saturated rings. The first-order valence-corrected chi connectivity index (χ1v) is 13.2. The van der Waals surface area contributed by atoms with Crippen molar-refractivity contribution in [3.63, 3.8) is 0 Å². The molecule has 1 atom stereocenters. The molecule has 34 heavy (non-hydrogen) atoms. The quantitative estimate of drug-likeness (QED) is 0.380. The summed E-state index contributed by atoms with van der Waals surface area (Å²) in [6.45, 7) is 8.48. The summed E-state index contributed by atoms with van der Waals surface area (Å²) in [5.74, 6) is 2.79. The van der Waals surface area contributed by atoms with E-state index in [0.29, 0.717) is 11.9 Å². The van der Waals surface area contributed by atoms with E-state index < -0.39 is 0 Å². The van der Waals surface area contributed by atoms with Crippen molar-refractivity contribution in [3.8, 4) is 23.0 Å². The second kappa shape index (κ2) is 10.3. The van der Waals surface area contributed by atoms with Crippen molar-refractivity contribution in [1.29, 1.82) is 0 Å². The predicted molar refractivity (Wildman–Crippen MR) is 141 cm³/mol. The first kappa shape index (κ1) is 23.1. The maximum Gasteiger partial charge on any atom is 0.139 e. The summed E-state index contributed by atoms with van der Waals surface area (Å²) in [6, 6.07) is 17.7. The SMILES string of the molecule is CC1=C(C)SC(c2ccc3cc(O)ccc3c2Oc2ccc(OCCN3CCCCC3)cc2)C1. The predicted octanol–water partition coefficient (Wildman–Crippen LogP) is 7.67. The molecule has 1 unspecified atom stereocenters. The molecule has 1 N–H and O–H groups in total. The molecule has 2 aliphatic heterocycles. The van der Waals surface area contributed by atoms with Crippen molar-refractivity contribution in [1.82, 2.24) is 4.90 Å². The van der Waals surface area contributed by atoms with Gasteiger partial charge in [-0.05, 0) is 99.0 Å². The van der Waals surface area contributed by atoms with E-state index in [0.717, 1.165) is 41.0 Å². The molecule has 0 spiro atoms. The summed E-state index contributed by atoms with van der Waals surface area (Å²) in [7, 11) is 0. The number of ether oxygens (including phenoxy) is 2. The zero-order valence-electron chi connectivity index (χ0n) is 20.0. The minimum Gasteiger partial charge on any atom is -0.508 e. The molecule has 0 aliphatic carbocycles. The van der Waals surface area contributed by atoms with Gasteiger partial charge in [-0.25, -0.2) is 0 Å². The van der Waals surface area contributed by atoms with Crippen molar-refractivity contribution in [2.75, 3.05) is 26.2 Å². The lowest BCUT2D eigenvalue weighted by Gasteiger charge is -2.26. The molecule has 0 amide bonds. The molecule has 4 nitrogen and oxygen atoms in total. The number of thioether (sulfide) groups is 1. The minimum atomic E-state index is 0.265. The van der Waals surface area contributed by atoms with Crippen molar-refractivity contribution in [2.45, 2.75) is 44.8 Å². The van der Waals surface area contributed by atoms with Crippen molar-refractivity contribution < 1.29 is 14.6 Å². The van der Waals surface area contributed by atoms with Crippen LogP contribution in [0.4, 0.5) is 0 Å². The number of benzene rings is 3. The van der Waals surface area contributed by atoms with Crippen LogP contribution in [0, 0.1) is 0 Å². The topological polar surface area (TPSA) is 41.9 Å². The highest BCUT2D eigenvalue weighted by Gasteiger charge is 2.26. The summed E-state index contributed by atoms with van der Waals surface area (Å²) in [5, 5.41) is 12.3. The number of fused-ring (bicyclic) bond motifs is 1. The van der Waals surface area contributed by atoms with Gasteiger partial charge in [0.25, 0.3) is 0 Å². The van der Waals surface area contributed by atoms with E-state index >= 15 is 0 Å². The van der Waals surface area contributed by atoms with Gasteiger partial charge in [-0.2, -0.15) is 0 Å². The Kier molecular flexibility index (Phi) is 7.02. The van der Waals surface area contributed by atoms with E-state index in [9.17, 15) is 5.11 Å². The summed E-state index contributed by atoms with van der Waals surface area (Å²) in [4.78, 5) is 3.88. The second-order valence-corrected chi connectivity index (χ2v) is 10.8. The molecule has 0 aromatic heterocycles. The monoisotopic (exact) mass is 475 g/mol. The minimum absolute atomic E-state index is 0.265. The molecule has 2 aliphatic rings. The molecular weight excluding hydrogens is 442 g/mol. The summed E-state index contributed by atoms with van der Waals surface area (Å²) >= 11 is 1.91. The van der Waals surface area contributed by atoms with Crippen LogP contribution in [0.1, 0.15) is 50.3 Å². The average molecular weight is 476 g/mol. The van der Waals surface area contributed by atoms with E-state index in [1.54, 1.807) is 12.1 Å². The lowest BCUT2D eigenvalue weighted by Crippen LogP contribution is -2.33. The molecular formula is C29H33NO3S. The van der Waals surface area contributed by atoms with E-state index in [4.69, 9.17) is 9.47 Å². The van der Waals surface area contributed by atoms with Crippen LogP contribution in [0.15, 0.2) is 65.1 Å². The Morgan fingerprint density at radius 1 is 0.941 bits per heavy atom. The van der Waals surface area contributed by atoms with Crippen LogP contribution in [-0.2, 0) is 0 Å². The van der Waals surface area contributed by atoms with Gasteiger partial charge in [-0.3, -0.25) is 4.90 Å². The Morgan fingerprint density at radius 3 is 2.44 bits per heavy atom. The zero-order chi connectivity index (χ0) is 23.5. The lowest BCUT2D eigenvalue weighted by molar-refractivity contribution is 0.183. The number of rotatable bonds is 7. The molecule has 0 saturated carbocycles. The summed E-state index contributed by atoms with van der Waals surface area (Å²) < 4.78 is 12.5. The Balaban J connectivity index is 1.33. The van der Waals surface area contributed by atoms with Crippen LogP contribution >= 0.6 is 11.8 Å². The summed E-state index contributed by atoms with van der Waals surface area (Å²) in [5.41, 5.74) is 2.64. The molecule has 178 valence electrons. The molecule has 0 radical (unpaired) electrons. The normalized spacial score (nSPS) is 19.1. The fourth-order valence-electron chi connectivity index (χ4n) is 4.82. The van der Waals surface area contributed by atoms with Crippen LogP contribution in [0.2, 0.25) is 0 Å². The first-order chi connectivity index (χ1) is 16.6. The molecule has 3 aromatic carbocycles. The van der Waals surface area contributed by atoms with Gasteiger partial charge in [0, 0.05) is 22.7 Å². The van der Waals surface area contributed by atoms with E-state index in [1.165, 1.54) is 48.4 Å². The Hall–Kier alpha value is -2.63. The Morgan fingerprint density at radius 2 is 1.71 bits per heavy atom. The van der Waals surface area contributed by atoms with Crippen LogP contribution in [0.3, 0.4) is 0 Å². The van der Waals surface area contributed by atoms with Gasteiger partial charge >= 0.3 is 0 Å². The Bertz CT molecular complexity index is 1170. The number of aromatic hydroxyl groups is 1. The largest absolute Gasteiger partial charge is 0.508 e.